The Labute approximate surface area is 112 Å². The molecule has 0 atom stereocenters. The molecule has 3 nitrogen and oxygen atoms in total. The van der Waals surface area contributed by atoms with Crippen LogP contribution in [0.3, 0.4) is 0 Å². The van der Waals surface area contributed by atoms with Crippen LogP contribution in [0.25, 0.3) is 0 Å². The molecule has 2 N–H and O–H groups in total. The summed E-state index contributed by atoms with van der Waals surface area (Å²) in [5.41, 5.74) is 0. The summed E-state index contributed by atoms with van der Waals surface area (Å²) >= 11 is 5.23. The third kappa shape index (κ3) is 8.38. The monoisotopic (exact) mass is 260 g/mol. The van der Waals surface area contributed by atoms with Crippen LogP contribution in [0.15, 0.2) is 0 Å². The van der Waals surface area contributed by atoms with Crippen LogP contribution in [0.4, 0.5) is 0 Å². The van der Waals surface area contributed by atoms with E-state index in [1.807, 2.05) is 0 Å². The van der Waals surface area contributed by atoms with Crippen LogP contribution in [0, 0.1) is 17.8 Å². The SMILES string of the molecule is COCCCNC(=S)NCC(C(C)C)C(C)C. The molecule has 0 heterocycles. The fourth-order valence-corrected chi connectivity index (χ4v) is 2.12. The Morgan fingerprint density at radius 2 is 1.71 bits per heavy atom. The van der Waals surface area contributed by atoms with Crippen LogP contribution >= 0.6 is 12.2 Å². The van der Waals surface area contributed by atoms with Gasteiger partial charge in [0.2, 0.25) is 0 Å². The van der Waals surface area contributed by atoms with Crippen molar-refractivity contribution in [1.29, 1.82) is 0 Å². The molecular weight excluding hydrogens is 232 g/mol. The highest BCUT2D eigenvalue weighted by Crippen LogP contribution is 2.19. The largest absolute Gasteiger partial charge is 0.385 e. The Bertz CT molecular complexity index is 200. The first-order valence-electron chi connectivity index (χ1n) is 6.49. The molecule has 0 aliphatic rings. The molecule has 0 aliphatic carbocycles. The Kier molecular flexibility index (Phi) is 9.46. The van der Waals surface area contributed by atoms with E-state index >= 15 is 0 Å². The summed E-state index contributed by atoms with van der Waals surface area (Å²) in [5, 5.41) is 7.25. The summed E-state index contributed by atoms with van der Waals surface area (Å²) in [7, 11) is 1.71. The lowest BCUT2D eigenvalue weighted by molar-refractivity contribution is 0.195. The molecule has 0 bridgehead atoms. The Hall–Kier alpha value is -0.350. The zero-order chi connectivity index (χ0) is 13.3. The van der Waals surface area contributed by atoms with E-state index in [1.54, 1.807) is 7.11 Å². The molecule has 0 radical (unpaired) electrons. The van der Waals surface area contributed by atoms with Gasteiger partial charge in [-0.25, -0.2) is 0 Å². The molecule has 0 aliphatic heterocycles. The van der Waals surface area contributed by atoms with E-state index in [9.17, 15) is 0 Å². The van der Waals surface area contributed by atoms with Gasteiger partial charge in [0.05, 0.1) is 0 Å². The molecule has 0 aromatic heterocycles. The summed E-state index contributed by atoms with van der Waals surface area (Å²) in [6.07, 6.45) is 0.982. The number of hydrogen-bond donors (Lipinski definition) is 2. The van der Waals surface area contributed by atoms with E-state index in [2.05, 4.69) is 38.3 Å². The molecule has 0 amide bonds. The van der Waals surface area contributed by atoms with Gasteiger partial charge in [0, 0.05) is 26.8 Å². The summed E-state index contributed by atoms with van der Waals surface area (Å²) < 4.78 is 4.98. The summed E-state index contributed by atoms with van der Waals surface area (Å²) in [6.45, 7) is 11.7. The van der Waals surface area contributed by atoms with Crippen molar-refractivity contribution < 1.29 is 4.74 Å². The van der Waals surface area contributed by atoms with Crippen molar-refractivity contribution in [3.05, 3.63) is 0 Å². The molecule has 17 heavy (non-hydrogen) atoms. The van der Waals surface area contributed by atoms with Crippen LogP contribution in [-0.4, -0.2) is 31.9 Å². The molecule has 0 spiro atoms. The standard InChI is InChI=1S/C13H28N2OS/c1-10(2)12(11(3)4)9-15-13(17)14-7-6-8-16-5/h10-12H,6-9H2,1-5H3,(H2,14,15,17). The van der Waals surface area contributed by atoms with Crippen molar-refractivity contribution in [3.8, 4) is 0 Å². The normalized spacial score (nSPS) is 11.3. The molecule has 102 valence electrons. The number of thiocarbonyl (C=S) groups is 1. The van der Waals surface area contributed by atoms with E-state index in [4.69, 9.17) is 17.0 Å². The average molecular weight is 260 g/mol. The lowest BCUT2D eigenvalue weighted by Crippen LogP contribution is -2.40. The quantitative estimate of drug-likeness (QED) is 0.519. The Morgan fingerprint density at radius 3 is 2.18 bits per heavy atom. The number of nitrogens with one attached hydrogen (secondary N) is 2. The smallest absolute Gasteiger partial charge is 0.166 e. The Balaban J connectivity index is 3.73. The van der Waals surface area contributed by atoms with Crippen LogP contribution in [0.5, 0.6) is 0 Å². The summed E-state index contributed by atoms with van der Waals surface area (Å²) in [4.78, 5) is 0. The van der Waals surface area contributed by atoms with Gasteiger partial charge < -0.3 is 15.4 Å². The van der Waals surface area contributed by atoms with Gasteiger partial charge in [-0.3, -0.25) is 0 Å². The van der Waals surface area contributed by atoms with Crippen molar-refractivity contribution >= 4 is 17.3 Å². The molecular formula is C13H28N2OS. The number of ether oxygens (including phenoxy) is 1. The van der Waals surface area contributed by atoms with Gasteiger partial charge in [-0.2, -0.15) is 0 Å². The van der Waals surface area contributed by atoms with Crippen molar-refractivity contribution in [2.24, 2.45) is 17.8 Å². The van der Waals surface area contributed by atoms with Crippen molar-refractivity contribution in [2.75, 3.05) is 26.8 Å². The van der Waals surface area contributed by atoms with Gasteiger partial charge in [-0.05, 0) is 36.4 Å². The lowest BCUT2D eigenvalue weighted by atomic mass is 9.85. The van der Waals surface area contributed by atoms with Crippen molar-refractivity contribution in [1.82, 2.24) is 10.6 Å². The first-order valence-corrected chi connectivity index (χ1v) is 6.90. The molecule has 0 unspecified atom stereocenters. The van der Waals surface area contributed by atoms with Crippen LogP contribution in [0.2, 0.25) is 0 Å². The lowest BCUT2D eigenvalue weighted by Gasteiger charge is -2.25. The maximum absolute atomic E-state index is 5.23. The highest BCUT2D eigenvalue weighted by molar-refractivity contribution is 7.80. The number of rotatable bonds is 8. The van der Waals surface area contributed by atoms with Crippen molar-refractivity contribution in [3.63, 3.8) is 0 Å². The number of methoxy groups -OCH3 is 1. The zero-order valence-electron chi connectivity index (χ0n) is 11.9. The third-order valence-corrected chi connectivity index (χ3v) is 3.31. The van der Waals surface area contributed by atoms with Crippen LogP contribution in [-0.2, 0) is 4.74 Å². The summed E-state index contributed by atoms with van der Waals surface area (Å²) in [6, 6.07) is 0. The van der Waals surface area contributed by atoms with Crippen LogP contribution < -0.4 is 10.6 Å². The van der Waals surface area contributed by atoms with Crippen LogP contribution in [0.1, 0.15) is 34.1 Å². The van der Waals surface area contributed by atoms with E-state index < -0.39 is 0 Å². The zero-order valence-corrected chi connectivity index (χ0v) is 12.7. The minimum absolute atomic E-state index is 0.661. The highest BCUT2D eigenvalue weighted by atomic mass is 32.1. The average Bonchev–Trinajstić information content (AvgIpc) is 2.23. The van der Waals surface area contributed by atoms with Crippen molar-refractivity contribution in [2.45, 2.75) is 34.1 Å². The maximum Gasteiger partial charge on any atom is 0.166 e. The predicted octanol–water partition coefficient (Wildman–Crippen LogP) is 2.42. The second-order valence-electron chi connectivity index (χ2n) is 5.14. The van der Waals surface area contributed by atoms with Gasteiger partial charge in [0.1, 0.15) is 0 Å². The fourth-order valence-electron chi connectivity index (χ4n) is 1.93. The Morgan fingerprint density at radius 1 is 1.12 bits per heavy atom. The molecule has 0 saturated heterocycles. The van der Waals surface area contributed by atoms with Gasteiger partial charge >= 0.3 is 0 Å². The minimum atomic E-state index is 0.661. The second-order valence-corrected chi connectivity index (χ2v) is 5.54. The van der Waals surface area contributed by atoms with E-state index in [0.717, 1.165) is 31.2 Å². The predicted molar refractivity (Wildman–Crippen MR) is 78.3 cm³/mol. The van der Waals surface area contributed by atoms with Gasteiger partial charge in [0.25, 0.3) is 0 Å². The summed E-state index contributed by atoms with van der Waals surface area (Å²) in [5.74, 6) is 2.02. The van der Waals surface area contributed by atoms with Gasteiger partial charge in [-0.1, -0.05) is 27.7 Å². The first-order chi connectivity index (χ1) is 7.99. The first kappa shape index (κ1) is 16.6. The minimum Gasteiger partial charge on any atom is -0.385 e. The third-order valence-electron chi connectivity index (χ3n) is 3.02. The number of hydrogen-bond acceptors (Lipinski definition) is 2. The molecule has 0 aromatic carbocycles. The maximum atomic E-state index is 5.23. The molecule has 0 fully saturated rings. The molecule has 4 heteroatoms. The van der Waals surface area contributed by atoms with E-state index in [-0.39, 0.29) is 0 Å². The molecule has 0 aromatic rings. The fraction of sp³-hybridized carbons (Fsp3) is 0.923. The van der Waals surface area contributed by atoms with Gasteiger partial charge in [0.15, 0.2) is 5.11 Å². The van der Waals surface area contributed by atoms with E-state index in [1.165, 1.54) is 0 Å². The molecule has 0 rings (SSSR count). The molecule has 0 saturated carbocycles. The van der Waals surface area contributed by atoms with E-state index in [0.29, 0.717) is 17.8 Å². The topological polar surface area (TPSA) is 33.3 Å². The van der Waals surface area contributed by atoms with Gasteiger partial charge in [-0.15, -0.1) is 0 Å². The highest BCUT2D eigenvalue weighted by Gasteiger charge is 2.17. The second kappa shape index (κ2) is 9.66.